The highest BCUT2D eigenvalue weighted by Gasteiger charge is 2.14. The van der Waals surface area contributed by atoms with E-state index in [0.29, 0.717) is 6.54 Å². The van der Waals surface area contributed by atoms with Gasteiger partial charge < -0.3 is 4.90 Å². The Hall–Kier alpha value is -1.94. The number of rotatable bonds is 4. The normalized spacial score (nSPS) is 15.7. The Labute approximate surface area is 137 Å². The molecule has 1 aliphatic heterocycles. The smallest absolute Gasteiger partial charge is 0.266 e. The summed E-state index contributed by atoms with van der Waals surface area (Å²) in [5.74, 6) is 0. The fraction of sp³-hybridized carbons (Fsp3) is 0.474. The first-order chi connectivity index (χ1) is 11.1. The number of benzene rings is 1. The van der Waals surface area contributed by atoms with Crippen molar-refractivity contribution in [3.63, 3.8) is 0 Å². The summed E-state index contributed by atoms with van der Waals surface area (Å²) in [7, 11) is 0. The minimum atomic E-state index is -0.00556. The molecule has 1 aliphatic rings. The van der Waals surface area contributed by atoms with Crippen LogP contribution >= 0.6 is 0 Å². The van der Waals surface area contributed by atoms with Crippen molar-refractivity contribution < 1.29 is 4.90 Å². The van der Waals surface area contributed by atoms with Crippen molar-refractivity contribution >= 4 is 0 Å². The van der Waals surface area contributed by atoms with Gasteiger partial charge in [0.05, 0.1) is 31.9 Å². The van der Waals surface area contributed by atoms with E-state index in [4.69, 9.17) is 0 Å². The zero-order chi connectivity index (χ0) is 16.2. The third kappa shape index (κ3) is 3.88. The van der Waals surface area contributed by atoms with Crippen LogP contribution in [-0.4, -0.2) is 29.4 Å². The highest BCUT2D eigenvalue weighted by atomic mass is 16.1. The summed E-state index contributed by atoms with van der Waals surface area (Å²) in [5, 5.41) is 4.59. The Morgan fingerprint density at radius 1 is 1.04 bits per heavy atom. The Morgan fingerprint density at radius 2 is 1.83 bits per heavy atom. The average Bonchev–Trinajstić information content (AvgIpc) is 2.57. The van der Waals surface area contributed by atoms with E-state index in [1.807, 2.05) is 6.07 Å². The third-order valence-corrected chi connectivity index (χ3v) is 4.91. The molecule has 122 valence electrons. The Balaban J connectivity index is 1.78. The second kappa shape index (κ2) is 7.09. The summed E-state index contributed by atoms with van der Waals surface area (Å²) >= 11 is 0. The highest BCUT2D eigenvalue weighted by Crippen LogP contribution is 2.19. The van der Waals surface area contributed by atoms with Gasteiger partial charge in [-0.15, -0.1) is 0 Å². The van der Waals surface area contributed by atoms with Crippen LogP contribution in [-0.2, 0) is 6.54 Å². The molecule has 4 heteroatoms. The van der Waals surface area contributed by atoms with Crippen molar-refractivity contribution in [1.29, 1.82) is 0 Å². The molecule has 1 N–H and O–H groups in total. The summed E-state index contributed by atoms with van der Waals surface area (Å²) in [6.07, 6.45) is 3.96. The molecule has 0 saturated carbocycles. The zero-order valence-corrected chi connectivity index (χ0v) is 14.1. The molecule has 2 aromatic rings. The third-order valence-electron chi connectivity index (χ3n) is 4.91. The number of likely N-dealkylation sites (tertiary alicyclic amines) is 1. The second-order valence-electron chi connectivity index (χ2n) is 6.64. The lowest BCUT2D eigenvalue weighted by molar-refractivity contribution is -0.905. The molecule has 1 aromatic carbocycles. The summed E-state index contributed by atoms with van der Waals surface area (Å²) < 4.78 is 1.63. The molecule has 23 heavy (non-hydrogen) atoms. The predicted octanol–water partition coefficient (Wildman–Crippen LogP) is 1.60. The molecule has 0 amide bonds. The number of nitrogens with zero attached hydrogens (tertiary/aromatic N) is 2. The SMILES string of the molecule is Cc1ccc(-c2ccc(=O)n(CC[NH+]3CCCCC3)n2)cc1C. The van der Waals surface area contributed by atoms with Gasteiger partial charge in [-0.1, -0.05) is 12.1 Å². The van der Waals surface area contributed by atoms with Gasteiger partial charge in [-0.3, -0.25) is 4.79 Å². The number of piperidine rings is 1. The lowest BCUT2D eigenvalue weighted by Crippen LogP contribution is -3.13. The molecule has 0 bridgehead atoms. The maximum absolute atomic E-state index is 12.1. The van der Waals surface area contributed by atoms with Crippen LogP contribution < -0.4 is 10.5 Å². The number of hydrogen-bond donors (Lipinski definition) is 1. The van der Waals surface area contributed by atoms with Gasteiger partial charge in [-0.25, -0.2) is 4.68 Å². The molecule has 4 nitrogen and oxygen atoms in total. The van der Waals surface area contributed by atoms with E-state index in [-0.39, 0.29) is 5.56 Å². The van der Waals surface area contributed by atoms with Crippen LogP contribution in [0.4, 0.5) is 0 Å². The molecule has 3 rings (SSSR count). The van der Waals surface area contributed by atoms with Crippen molar-refractivity contribution in [1.82, 2.24) is 9.78 Å². The van der Waals surface area contributed by atoms with Crippen LogP contribution in [0.3, 0.4) is 0 Å². The van der Waals surface area contributed by atoms with Crippen LogP contribution in [0.2, 0.25) is 0 Å². The summed E-state index contributed by atoms with van der Waals surface area (Å²) in [6.45, 7) is 8.36. The molecule has 1 fully saturated rings. The van der Waals surface area contributed by atoms with Gasteiger partial charge >= 0.3 is 0 Å². The monoisotopic (exact) mass is 312 g/mol. The minimum Gasteiger partial charge on any atom is -0.333 e. The number of hydrogen-bond acceptors (Lipinski definition) is 2. The zero-order valence-electron chi connectivity index (χ0n) is 14.1. The van der Waals surface area contributed by atoms with E-state index in [1.165, 1.54) is 43.5 Å². The molecule has 0 atom stereocenters. The van der Waals surface area contributed by atoms with Crippen LogP contribution in [0.5, 0.6) is 0 Å². The summed E-state index contributed by atoms with van der Waals surface area (Å²) in [4.78, 5) is 13.7. The topological polar surface area (TPSA) is 39.3 Å². The van der Waals surface area contributed by atoms with Crippen molar-refractivity contribution in [3.05, 3.63) is 51.8 Å². The number of quaternary nitrogens is 1. The predicted molar refractivity (Wildman–Crippen MR) is 92.8 cm³/mol. The number of nitrogens with one attached hydrogen (secondary N) is 1. The van der Waals surface area contributed by atoms with E-state index < -0.39 is 0 Å². The molecular formula is C19H26N3O+. The maximum atomic E-state index is 12.1. The second-order valence-corrected chi connectivity index (χ2v) is 6.64. The standard InChI is InChI=1S/C19H25N3O/c1-15-6-7-17(14-16(15)2)18-8-9-19(23)22(20-18)13-12-21-10-4-3-5-11-21/h6-9,14H,3-5,10-13H2,1-2H3/p+1. The van der Waals surface area contributed by atoms with Crippen LogP contribution in [0, 0.1) is 13.8 Å². The van der Waals surface area contributed by atoms with E-state index >= 15 is 0 Å². The van der Waals surface area contributed by atoms with Crippen molar-refractivity contribution in [2.75, 3.05) is 19.6 Å². The molecule has 0 radical (unpaired) electrons. The maximum Gasteiger partial charge on any atom is 0.266 e. The Bertz CT molecular complexity index is 730. The minimum absolute atomic E-state index is 0.00556. The van der Waals surface area contributed by atoms with Crippen LogP contribution in [0.25, 0.3) is 11.3 Å². The molecular weight excluding hydrogens is 286 g/mol. The van der Waals surface area contributed by atoms with Crippen molar-refractivity contribution in [2.45, 2.75) is 39.7 Å². The molecule has 0 unspecified atom stereocenters. The van der Waals surface area contributed by atoms with Gasteiger partial charge in [0.25, 0.3) is 5.56 Å². The fourth-order valence-electron chi connectivity index (χ4n) is 3.23. The Morgan fingerprint density at radius 3 is 2.57 bits per heavy atom. The van der Waals surface area contributed by atoms with E-state index in [9.17, 15) is 4.79 Å². The van der Waals surface area contributed by atoms with E-state index in [0.717, 1.165) is 17.8 Å². The number of aryl methyl sites for hydroxylation is 2. The van der Waals surface area contributed by atoms with Crippen LogP contribution in [0.1, 0.15) is 30.4 Å². The van der Waals surface area contributed by atoms with Gasteiger partial charge in [0, 0.05) is 11.6 Å². The molecule has 1 aromatic heterocycles. The van der Waals surface area contributed by atoms with Gasteiger partial charge in [-0.2, -0.15) is 5.10 Å². The first-order valence-corrected chi connectivity index (χ1v) is 8.63. The van der Waals surface area contributed by atoms with Gasteiger partial charge in [0.15, 0.2) is 0 Å². The first kappa shape index (κ1) is 15.9. The van der Waals surface area contributed by atoms with Crippen molar-refractivity contribution in [2.24, 2.45) is 0 Å². The summed E-state index contributed by atoms with van der Waals surface area (Å²) in [6, 6.07) is 9.80. The lowest BCUT2D eigenvalue weighted by atomic mass is 10.0. The molecule has 0 aliphatic carbocycles. The van der Waals surface area contributed by atoms with Crippen molar-refractivity contribution in [3.8, 4) is 11.3 Å². The summed E-state index contributed by atoms with van der Waals surface area (Å²) in [5.41, 5.74) is 4.47. The Kier molecular flexibility index (Phi) is 4.91. The highest BCUT2D eigenvalue weighted by molar-refractivity contribution is 5.60. The lowest BCUT2D eigenvalue weighted by Gasteiger charge is -2.23. The molecule has 1 saturated heterocycles. The molecule has 0 spiro atoms. The molecule has 2 heterocycles. The fourth-order valence-corrected chi connectivity index (χ4v) is 3.23. The number of aromatic nitrogens is 2. The van der Waals surface area contributed by atoms with Gasteiger partial charge in [0.1, 0.15) is 0 Å². The largest absolute Gasteiger partial charge is 0.333 e. The first-order valence-electron chi connectivity index (χ1n) is 8.63. The van der Waals surface area contributed by atoms with Gasteiger partial charge in [-0.05, 0) is 56.4 Å². The average molecular weight is 312 g/mol. The van der Waals surface area contributed by atoms with Crippen LogP contribution in [0.15, 0.2) is 35.1 Å². The van der Waals surface area contributed by atoms with E-state index in [1.54, 1.807) is 15.6 Å². The van der Waals surface area contributed by atoms with Gasteiger partial charge in [0.2, 0.25) is 0 Å². The quantitative estimate of drug-likeness (QED) is 0.931. The van der Waals surface area contributed by atoms with E-state index in [2.05, 4.69) is 37.1 Å².